The van der Waals surface area contributed by atoms with Crippen LogP contribution in [-0.4, -0.2) is 60.5 Å². The number of unbranched alkanes of at least 4 members (excludes halogenated alkanes) is 13. The lowest BCUT2D eigenvalue weighted by molar-refractivity contribution is -0.154. The Labute approximate surface area is 278 Å². The van der Waals surface area contributed by atoms with Gasteiger partial charge in [0.1, 0.15) is 12.1 Å². The molecule has 3 unspecified atom stereocenters. The van der Waals surface area contributed by atoms with Crippen LogP contribution in [0, 0.1) is 0 Å². The minimum Gasteiger partial charge on any atom is -0.480 e. The predicted octanol–water partition coefficient (Wildman–Crippen LogP) is 8.58. The summed E-state index contributed by atoms with van der Waals surface area (Å²) in [6.07, 6.45) is 32.0. The third kappa shape index (κ3) is 30.8. The molecule has 268 valence electrons. The van der Waals surface area contributed by atoms with E-state index in [1.807, 2.05) is 0 Å². The zero-order chi connectivity index (χ0) is 34.1. The number of carbonyl (C=O) groups is 2. The maximum atomic E-state index is 12.5. The molecule has 0 aliphatic rings. The molecule has 0 radical (unpaired) electrons. The van der Waals surface area contributed by atoms with Crippen molar-refractivity contribution in [3.05, 3.63) is 36.5 Å². The highest BCUT2D eigenvalue weighted by Crippen LogP contribution is 2.43. The molecule has 0 saturated heterocycles. The van der Waals surface area contributed by atoms with Gasteiger partial charge in [-0.1, -0.05) is 121 Å². The summed E-state index contributed by atoms with van der Waals surface area (Å²) in [4.78, 5) is 33.2. The number of phosphoric acid groups is 1. The topological polar surface area (TPSA) is 155 Å². The second kappa shape index (κ2) is 31.8. The van der Waals surface area contributed by atoms with Gasteiger partial charge >= 0.3 is 19.8 Å². The third-order valence-corrected chi connectivity index (χ3v) is 8.13. The molecule has 4 N–H and O–H groups in total. The van der Waals surface area contributed by atoms with Crippen molar-refractivity contribution in [2.75, 3.05) is 26.4 Å². The monoisotopic (exact) mass is 673 g/mol. The van der Waals surface area contributed by atoms with E-state index in [2.05, 4.69) is 54.8 Å². The fourth-order valence-corrected chi connectivity index (χ4v) is 5.22. The minimum atomic E-state index is -4.61. The average molecular weight is 674 g/mol. The molecular formula is C35H64NO9P. The number of hydrogen-bond acceptors (Lipinski definition) is 8. The average Bonchev–Trinajstić information content (AvgIpc) is 3.03. The van der Waals surface area contributed by atoms with Gasteiger partial charge in [-0.25, -0.2) is 4.57 Å². The number of carbonyl (C=O) groups excluding carboxylic acids is 1. The van der Waals surface area contributed by atoms with Gasteiger partial charge in [-0.15, -0.1) is 0 Å². The molecule has 0 aliphatic heterocycles. The largest absolute Gasteiger partial charge is 0.480 e. The lowest BCUT2D eigenvalue weighted by Gasteiger charge is -2.20. The van der Waals surface area contributed by atoms with Crippen LogP contribution in [0.5, 0.6) is 0 Å². The number of phosphoric ester groups is 1. The van der Waals surface area contributed by atoms with Crippen molar-refractivity contribution in [3.63, 3.8) is 0 Å². The van der Waals surface area contributed by atoms with Crippen LogP contribution in [0.3, 0.4) is 0 Å². The van der Waals surface area contributed by atoms with E-state index in [0.717, 1.165) is 70.6 Å². The Balaban J connectivity index is 4.38. The summed E-state index contributed by atoms with van der Waals surface area (Å²) in [6, 6.07) is -1.47. The predicted molar refractivity (Wildman–Crippen MR) is 185 cm³/mol. The van der Waals surface area contributed by atoms with Crippen LogP contribution in [0.15, 0.2) is 36.5 Å². The number of aliphatic carboxylic acids is 1. The van der Waals surface area contributed by atoms with Gasteiger partial charge in [-0.05, 0) is 44.9 Å². The first-order valence-electron chi connectivity index (χ1n) is 17.5. The number of allylic oxidation sites excluding steroid dienone is 6. The first-order chi connectivity index (χ1) is 22.2. The van der Waals surface area contributed by atoms with E-state index in [1.165, 1.54) is 38.5 Å². The zero-order valence-corrected chi connectivity index (χ0v) is 29.6. The Morgan fingerprint density at radius 1 is 0.717 bits per heavy atom. The molecule has 0 aliphatic carbocycles. The SMILES string of the molecule is CC/C=C\C/C=C\C/C=C\CCCCCCOCC(COP(=O)(O)OCC(N)C(=O)O)OC(=O)CCCCCCCCCCCC. The van der Waals surface area contributed by atoms with Crippen molar-refractivity contribution in [3.8, 4) is 0 Å². The molecular weight excluding hydrogens is 609 g/mol. The molecule has 11 heteroatoms. The standard InChI is InChI=1S/C35H64NO9P/c1-3-5-7-9-11-13-15-16-17-18-20-22-24-26-28-42-29-32(30-43-46(40,41)44-31-33(36)35(38)39)45-34(37)27-25-23-21-19-14-12-10-8-6-4-2/h5,7,11,13,16-17,32-33H,3-4,6,8-10,12,14-15,18-31,36H2,1-2H3,(H,38,39)(H,40,41)/b7-5-,13-11-,17-16-. The normalized spacial score (nSPS) is 14.7. The zero-order valence-electron chi connectivity index (χ0n) is 28.7. The Hall–Kier alpha value is -1.81. The van der Waals surface area contributed by atoms with Gasteiger partial charge in [0.05, 0.1) is 19.8 Å². The summed E-state index contributed by atoms with van der Waals surface area (Å²) in [5, 5.41) is 8.84. The summed E-state index contributed by atoms with van der Waals surface area (Å²) in [5.41, 5.74) is 5.32. The van der Waals surface area contributed by atoms with Crippen LogP contribution in [-0.2, 0) is 32.7 Å². The smallest absolute Gasteiger partial charge is 0.472 e. The van der Waals surface area contributed by atoms with E-state index in [9.17, 15) is 19.0 Å². The second-order valence-electron chi connectivity index (χ2n) is 11.6. The summed E-state index contributed by atoms with van der Waals surface area (Å²) in [7, 11) is -4.61. The van der Waals surface area contributed by atoms with Gasteiger partial charge in [-0.3, -0.25) is 18.6 Å². The number of esters is 1. The highest BCUT2D eigenvalue weighted by atomic mass is 31.2. The highest BCUT2D eigenvalue weighted by Gasteiger charge is 2.27. The molecule has 0 heterocycles. The highest BCUT2D eigenvalue weighted by molar-refractivity contribution is 7.47. The summed E-state index contributed by atoms with van der Waals surface area (Å²) in [6.45, 7) is 3.67. The molecule has 0 aromatic rings. The fraction of sp³-hybridized carbons (Fsp3) is 0.771. The molecule has 0 fully saturated rings. The van der Waals surface area contributed by atoms with Gasteiger partial charge in [0.15, 0.2) is 0 Å². The third-order valence-electron chi connectivity index (χ3n) is 7.18. The summed E-state index contributed by atoms with van der Waals surface area (Å²) < 4.78 is 33.1. The lowest BCUT2D eigenvalue weighted by atomic mass is 10.1. The first-order valence-corrected chi connectivity index (χ1v) is 19.0. The molecule has 0 aromatic carbocycles. The van der Waals surface area contributed by atoms with E-state index in [4.69, 9.17) is 24.8 Å². The Morgan fingerprint density at radius 2 is 1.26 bits per heavy atom. The van der Waals surface area contributed by atoms with Gasteiger partial charge in [0.2, 0.25) is 0 Å². The molecule has 0 rings (SSSR count). The molecule has 0 amide bonds. The number of rotatable bonds is 33. The second-order valence-corrected chi connectivity index (χ2v) is 13.1. The molecule has 0 bridgehead atoms. The number of hydrogen-bond donors (Lipinski definition) is 3. The number of carboxylic acid groups (broad SMARTS) is 1. The van der Waals surface area contributed by atoms with Crippen LogP contribution in [0.4, 0.5) is 0 Å². The van der Waals surface area contributed by atoms with Crippen molar-refractivity contribution in [1.82, 2.24) is 0 Å². The van der Waals surface area contributed by atoms with Crippen LogP contribution in [0.25, 0.3) is 0 Å². The fourth-order valence-electron chi connectivity index (χ4n) is 4.44. The van der Waals surface area contributed by atoms with E-state index in [1.54, 1.807) is 0 Å². The molecule has 46 heavy (non-hydrogen) atoms. The van der Waals surface area contributed by atoms with Crippen LogP contribution >= 0.6 is 7.82 Å². The van der Waals surface area contributed by atoms with Gasteiger partial charge in [0.25, 0.3) is 0 Å². The number of ether oxygens (including phenoxy) is 2. The molecule has 0 saturated carbocycles. The molecule has 10 nitrogen and oxygen atoms in total. The van der Waals surface area contributed by atoms with Crippen molar-refractivity contribution < 1.29 is 42.7 Å². The van der Waals surface area contributed by atoms with E-state index in [-0.39, 0.29) is 13.0 Å². The van der Waals surface area contributed by atoms with Crippen LogP contribution in [0.2, 0.25) is 0 Å². The number of carboxylic acids is 1. The van der Waals surface area contributed by atoms with Crippen molar-refractivity contribution in [2.24, 2.45) is 5.73 Å². The summed E-state index contributed by atoms with van der Waals surface area (Å²) >= 11 is 0. The molecule has 0 aromatic heterocycles. The van der Waals surface area contributed by atoms with Crippen LogP contribution in [0.1, 0.15) is 136 Å². The van der Waals surface area contributed by atoms with Crippen molar-refractivity contribution >= 4 is 19.8 Å². The van der Waals surface area contributed by atoms with E-state index in [0.29, 0.717) is 13.0 Å². The van der Waals surface area contributed by atoms with Gasteiger partial charge in [0, 0.05) is 13.0 Å². The Bertz CT molecular complexity index is 878. The Kier molecular flexibility index (Phi) is 30.5. The Morgan fingerprint density at radius 3 is 1.89 bits per heavy atom. The maximum absolute atomic E-state index is 12.5. The van der Waals surface area contributed by atoms with E-state index < -0.39 is 45.1 Å². The van der Waals surface area contributed by atoms with E-state index >= 15 is 0 Å². The van der Waals surface area contributed by atoms with Crippen molar-refractivity contribution in [1.29, 1.82) is 0 Å². The number of nitrogens with two attached hydrogens (primary N) is 1. The van der Waals surface area contributed by atoms with Gasteiger partial charge in [-0.2, -0.15) is 0 Å². The molecule has 0 spiro atoms. The quantitative estimate of drug-likeness (QED) is 0.0267. The summed E-state index contributed by atoms with van der Waals surface area (Å²) in [5.74, 6) is -1.79. The van der Waals surface area contributed by atoms with Crippen molar-refractivity contribution in [2.45, 2.75) is 148 Å². The van der Waals surface area contributed by atoms with Crippen LogP contribution < -0.4 is 5.73 Å². The lowest BCUT2D eigenvalue weighted by Crippen LogP contribution is -2.34. The van der Waals surface area contributed by atoms with Gasteiger partial charge < -0.3 is 25.2 Å². The maximum Gasteiger partial charge on any atom is 0.472 e. The molecule has 3 atom stereocenters. The first kappa shape index (κ1) is 44.2. The minimum absolute atomic E-state index is 0.00288.